The first-order valence-electron chi connectivity index (χ1n) is 6.84. The first-order valence-corrected chi connectivity index (χ1v) is 8.39. The molecule has 0 aliphatic rings. The summed E-state index contributed by atoms with van der Waals surface area (Å²) in [6.45, 7) is -0.429. The molecular formula is C16H13BrCl2N2O3. The Bertz CT molecular complexity index is 756. The summed E-state index contributed by atoms with van der Waals surface area (Å²) in [5, 5.41) is 5.92. The zero-order chi connectivity index (χ0) is 17.5. The normalized spacial score (nSPS) is 10.1. The van der Waals surface area contributed by atoms with Gasteiger partial charge in [-0.3, -0.25) is 9.59 Å². The molecule has 2 N–H and O–H groups in total. The van der Waals surface area contributed by atoms with Crippen LogP contribution in [0.2, 0.25) is 10.0 Å². The molecule has 126 valence electrons. The van der Waals surface area contributed by atoms with Crippen LogP contribution in [0.1, 0.15) is 0 Å². The molecule has 0 aromatic heterocycles. The number of rotatable bonds is 6. The molecule has 24 heavy (non-hydrogen) atoms. The molecule has 0 fully saturated rings. The zero-order valence-corrected chi connectivity index (χ0v) is 15.4. The quantitative estimate of drug-likeness (QED) is 0.728. The minimum absolute atomic E-state index is 0.169. The first-order chi connectivity index (χ1) is 11.5. The summed E-state index contributed by atoms with van der Waals surface area (Å²) in [6.07, 6.45) is 0. The van der Waals surface area contributed by atoms with E-state index in [0.29, 0.717) is 21.5 Å². The molecule has 0 radical (unpaired) electrons. The minimum Gasteiger partial charge on any atom is -0.482 e. The number of benzene rings is 2. The summed E-state index contributed by atoms with van der Waals surface area (Å²) in [4.78, 5) is 23.5. The Hall–Kier alpha value is -1.76. The molecule has 2 rings (SSSR count). The molecule has 2 aromatic rings. The lowest BCUT2D eigenvalue weighted by Gasteiger charge is -2.10. The van der Waals surface area contributed by atoms with E-state index < -0.39 is 5.91 Å². The van der Waals surface area contributed by atoms with Crippen molar-refractivity contribution in [3.8, 4) is 5.75 Å². The second kappa shape index (κ2) is 8.92. The molecule has 0 spiro atoms. The number of halogens is 3. The molecule has 8 heteroatoms. The standard InChI is InChI=1S/C16H13BrCl2N2O3/c17-11-3-1-2-4-13(11)21-15(22)8-20-16(23)9-24-14-6-5-10(18)7-12(14)19/h1-7H,8-9H2,(H,20,23)(H,21,22). The van der Waals surface area contributed by atoms with E-state index in [9.17, 15) is 9.59 Å². The summed E-state index contributed by atoms with van der Waals surface area (Å²) in [5.41, 5.74) is 0.626. The SMILES string of the molecule is O=C(COc1ccc(Cl)cc1Cl)NCC(=O)Nc1ccccc1Br. The lowest BCUT2D eigenvalue weighted by Crippen LogP contribution is -2.35. The van der Waals surface area contributed by atoms with Crippen LogP contribution < -0.4 is 15.4 Å². The largest absolute Gasteiger partial charge is 0.482 e. The van der Waals surface area contributed by atoms with Crippen molar-refractivity contribution in [2.45, 2.75) is 0 Å². The minimum atomic E-state index is -0.441. The van der Waals surface area contributed by atoms with Crippen LogP contribution in [-0.4, -0.2) is 25.0 Å². The predicted molar refractivity (Wildman–Crippen MR) is 97.7 cm³/mol. The van der Waals surface area contributed by atoms with E-state index in [2.05, 4.69) is 26.6 Å². The average molecular weight is 432 g/mol. The van der Waals surface area contributed by atoms with Gasteiger partial charge in [0, 0.05) is 9.50 Å². The molecule has 0 saturated carbocycles. The summed E-state index contributed by atoms with van der Waals surface area (Å²) in [6, 6.07) is 11.9. The predicted octanol–water partition coefficient (Wildman–Crippen LogP) is 3.89. The Balaban J connectivity index is 1.76. The Kier molecular flexibility index (Phi) is 6.90. The third kappa shape index (κ3) is 5.70. The molecule has 2 aromatic carbocycles. The Labute approximate surface area is 157 Å². The monoisotopic (exact) mass is 430 g/mol. The van der Waals surface area contributed by atoms with Crippen molar-refractivity contribution in [1.29, 1.82) is 0 Å². The summed E-state index contributed by atoms with van der Waals surface area (Å²) < 4.78 is 6.04. The van der Waals surface area contributed by atoms with Gasteiger partial charge in [-0.15, -0.1) is 0 Å². The molecule has 2 amide bonds. The van der Waals surface area contributed by atoms with Crippen molar-refractivity contribution in [3.63, 3.8) is 0 Å². The maximum Gasteiger partial charge on any atom is 0.258 e. The molecule has 0 heterocycles. The van der Waals surface area contributed by atoms with Gasteiger partial charge in [-0.05, 0) is 46.3 Å². The van der Waals surface area contributed by atoms with Gasteiger partial charge in [-0.2, -0.15) is 0 Å². The number of anilines is 1. The van der Waals surface area contributed by atoms with Crippen LogP contribution >= 0.6 is 39.1 Å². The highest BCUT2D eigenvalue weighted by molar-refractivity contribution is 9.10. The highest BCUT2D eigenvalue weighted by atomic mass is 79.9. The number of para-hydroxylation sites is 1. The van der Waals surface area contributed by atoms with Crippen LogP contribution in [-0.2, 0) is 9.59 Å². The van der Waals surface area contributed by atoms with Crippen LogP contribution in [0.4, 0.5) is 5.69 Å². The van der Waals surface area contributed by atoms with E-state index in [1.165, 1.54) is 6.07 Å². The molecule has 0 unspecified atom stereocenters. The molecule has 0 aliphatic heterocycles. The Morgan fingerprint density at radius 1 is 1.08 bits per heavy atom. The van der Waals surface area contributed by atoms with Gasteiger partial charge in [0.25, 0.3) is 5.91 Å². The molecule has 0 saturated heterocycles. The maximum absolute atomic E-state index is 11.8. The third-order valence-corrected chi connectivity index (χ3v) is 4.07. The van der Waals surface area contributed by atoms with Crippen molar-refractivity contribution < 1.29 is 14.3 Å². The summed E-state index contributed by atoms with van der Waals surface area (Å²) >= 11 is 15.0. The van der Waals surface area contributed by atoms with Crippen LogP contribution in [0.3, 0.4) is 0 Å². The highest BCUT2D eigenvalue weighted by Crippen LogP contribution is 2.27. The van der Waals surface area contributed by atoms with Crippen molar-refractivity contribution in [2.24, 2.45) is 0 Å². The Morgan fingerprint density at radius 2 is 1.83 bits per heavy atom. The van der Waals surface area contributed by atoms with Gasteiger partial charge < -0.3 is 15.4 Å². The van der Waals surface area contributed by atoms with E-state index in [0.717, 1.165) is 4.47 Å². The lowest BCUT2D eigenvalue weighted by molar-refractivity contribution is -0.125. The topological polar surface area (TPSA) is 67.4 Å². The summed E-state index contributed by atoms with van der Waals surface area (Å²) in [7, 11) is 0. The van der Waals surface area contributed by atoms with E-state index in [1.807, 2.05) is 6.07 Å². The summed E-state index contributed by atoms with van der Waals surface area (Å²) in [5.74, 6) is -0.447. The van der Waals surface area contributed by atoms with E-state index in [1.54, 1.807) is 30.3 Å². The van der Waals surface area contributed by atoms with Gasteiger partial charge in [0.1, 0.15) is 5.75 Å². The van der Waals surface area contributed by atoms with Crippen molar-refractivity contribution in [1.82, 2.24) is 5.32 Å². The second-order valence-corrected chi connectivity index (χ2v) is 6.37. The van der Waals surface area contributed by atoms with Crippen molar-refractivity contribution in [2.75, 3.05) is 18.5 Å². The molecule has 5 nitrogen and oxygen atoms in total. The number of hydrogen-bond acceptors (Lipinski definition) is 3. The highest BCUT2D eigenvalue weighted by Gasteiger charge is 2.09. The van der Waals surface area contributed by atoms with Gasteiger partial charge in [0.2, 0.25) is 5.91 Å². The van der Waals surface area contributed by atoms with Gasteiger partial charge in [-0.25, -0.2) is 0 Å². The first kappa shape index (κ1) is 18.6. The van der Waals surface area contributed by atoms with Crippen LogP contribution in [0.25, 0.3) is 0 Å². The molecular weight excluding hydrogens is 419 g/mol. The number of ether oxygens (including phenoxy) is 1. The van der Waals surface area contributed by atoms with Gasteiger partial charge in [0.15, 0.2) is 6.61 Å². The molecule has 0 aliphatic carbocycles. The fourth-order valence-electron chi connectivity index (χ4n) is 1.72. The van der Waals surface area contributed by atoms with Crippen molar-refractivity contribution in [3.05, 3.63) is 57.0 Å². The lowest BCUT2D eigenvalue weighted by atomic mass is 10.3. The van der Waals surface area contributed by atoms with E-state index in [-0.39, 0.29) is 19.1 Å². The zero-order valence-electron chi connectivity index (χ0n) is 12.3. The Morgan fingerprint density at radius 3 is 2.54 bits per heavy atom. The fourth-order valence-corrected chi connectivity index (χ4v) is 2.57. The number of carbonyl (C=O) groups is 2. The van der Waals surface area contributed by atoms with Gasteiger partial charge >= 0.3 is 0 Å². The van der Waals surface area contributed by atoms with E-state index in [4.69, 9.17) is 27.9 Å². The smallest absolute Gasteiger partial charge is 0.258 e. The fraction of sp³-hybridized carbons (Fsp3) is 0.125. The maximum atomic E-state index is 11.8. The van der Waals surface area contributed by atoms with E-state index >= 15 is 0 Å². The third-order valence-electron chi connectivity index (χ3n) is 2.85. The average Bonchev–Trinajstić information content (AvgIpc) is 2.54. The van der Waals surface area contributed by atoms with Gasteiger partial charge in [-0.1, -0.05) is 35.3 Å². The number of nitrogens with one attached hydrogen (secondary N) is 2. The van der Waals surface area contributed by atoms with Crippen molar-refractivity contribution >= 4 is 56.6 Å². The van der Waals surface area contributed by atoms with Crippen LogP contribution in [0.15, 0.2) is 46.9 Å². The van der Waals surface area contributed by atoms with Crippen LogP contribution in [0, 0.1) is 0 Å². The molecule has 0 atom stereocenters. The van der Waals surface area contributed by atoms with Gasteiger partial charge in [0.05, 0.1) is 17.3 Å². The number of hydrogen-bond donors (Lipinski definition) is 2. The number of carbonyl (C=O) groups excluding carboxylic acids is 2. The number of amides is 2. The second-order valence-electron chi connectivity index (χ2n) is 4.67. The molecule has 0 bridgehead atoms. The van der Waals surface area contributed by atoms with Crippen LogP contribution in [0.5, 0.6) is 5.75 Å².